The average Bonchev–Trinajstić information content (AvgIpc) is 3.03. The predicted octanol–water partition coefficient (Wildman–Crippen LogP) is 6.10. The molecule has 3 nitrogen and oxygen atoms in total. The molecule has 0 aliphatic carbocycles. The van der Waals surface area contributed by atoms with Gasteiger partial charge in [-0.25, -0.2) is 13.4 Å². The Bertz CT molecular complexity index is 1220. The summed E-state index contributed by atoms with van der Waals surface area (Å²) in [7, 11) is -3.75. The number of pyridine rings is 1. The smallest absolute Gasteiger partial charge is 0.216 e. The molecule has 7 heteroatoms. The summed E-state index contributed by atoms with van der Waals surface area (Å²) in [4.78, 5) is 5.16. The van der Waals surface area contributed by atoms with Gasteiger partial charge in [-0.1, -0.05) is 41.4 Å². The Kier molecular flexibility index (Phi) is 4.49. The predicted molar refractivity (Wildman–Crippen MR) is 107 cm³/mol. The highest BCUT2D eigenvalue weighted by Crippen LogP contribution is 2.43. The maximum absolute atomic E-state index is 13.3. The maximum atomic E-state index is 13.3. The molecule has 2 aromatic carbocycles. The molecule has 0 bridgehead atoms. The normalized spacial score (nSPS) is 11.8. The summed E-state index contributed by atoms with van der Waals surface area (Å²) < 4.78 is 26.9. The summed E-state index contributed by atoms with van der Waals surface area (Å²) in [6, 6.07) is 17.1. The van der Waals surface area contributed by atoms with Gasteiger partial charge >= 0.3 is 0 Å². The zero-order chi connectivity index (χ0) is 18.3. The van der Waals surface area contributed by atoms with Crippen molar-refractivity contribution in [3.8, 4) is 11.1 Å². The lowest BCUT2D eigenvalue weighted by Gasteiger charge is -2.07. The summed E-state index contributed by atoms with van der Waals surface area (Å²) in [5, 5.41) is 1.75. The molecule has 26 heavy (non-hydrogen) atoms. The van der Waals surface area contributed by atoms with E-state index in [1.807, 2.05) is 18.2 Å². The number of halogens is 2. The van der Waals surface area contributed by atoms with Gasteiger partial charge in [0.15, 0.2) is 0 Å². The van der Waals surface area contributed by atoms with E-state index in [1.165, 1.54) is 6.07 Å². The van der Waals surface area contributed by atoms with E-state index in [9.17, 15) is 8.42 Å². The minimum Gasteiger partial charge on any atom is -0.245 e. The van der Waals surface area contributed by atoms with Crippen LogP contribution in [0.3, 0.4) is 0 Å². The molecule has 0 fully saturated rings. The lowest BCUT2D eigenvalue weighted by Crippen LogP contribution is -2.01. The molecule has 0 N–H and O–H groups in total. The fourth-order valence-corrected chi connectivity index (χ4v) is 6.23. The largest absolute Gasteiger partial charge is 0.245 e. The number of rotatable bonds is 3. The van der Waals surface area contributed by atoms with Crippen LogP contribution in [-0.4, -0.2) is 13.4 Å². The van der Waals surface area contributed by atoms with Gasteiger partial charge in [-0.2, -0.15) is 0 Å². The lowest BCUT2D eigenvalue weighted by molar-refractivity contribution is 0.598. The number of hydrogen-bond donors (Lipinski definition) is 0. The van der Waals surface area contributed by atoms with Crippen molar-refractivity contribution < 1.29 is 8.42 Å². The van der Waals surface area contributed by atoms with Crippen molar-refractivity contribution in [1.29, 1.82) is 0 Å². The molecule has 2 aromatic heterocycles. The van der Waals surface area contributed by atoms with Crippen LogP contribution in [0, 0.1) is 0 Å². The minimum atomic E-state index is -3.75. The summed E-state index contributed by atoms with van der Waals surface area (Å²) in [5.74, 6) is 0. The van der Waals surface area contributed by atoms with Gasteiger partial charge in [-0.15, -0.1) is 11.3 Å². The van der Waals surface area contributed by atoms with Crippen molar-refractivity contribution in [3.63, 3.8) is 0 Å². The summed E-state index contributed by atoms with van der Waals surface area (Å²) in [6.45, 7) is 0. The van der Waals surface area contributed by atoms with Gasteiger partial charge in [0.2, 0.25) is 9.84 Å². The van der Waals surface area contributed by atoms with E-state index in [2.05, 4.69) is 4.98 Å². The van der Waals surface area contributed by atoms with Gasteiger partial charge in [-0.05, 0) is 48.0 Å². The topological polar surface area (TPSA) is 47.0 Å². The first-order chi connectivity index (χ1) is 12.5. The molecule has 0 aliphatic heterocycles. The first-order valence-electron chi connectivity index (χ1n) is 7.61. The molecule has 0 radical (unpaired) electrons. The third-order valence-electron chi connectivity index (χ3n) is 3.92. The molecule has 0 amide bonds. The number of benzene rings is 2. The Morgan fingerprint density at radius 2 is 1.65 bits per heavy atom. The molecule has 0 aliphatic rings. The zero-order valence-corrected chi connectivity index (χ0v) is 16.3. The van der Waals surface area contributed by atoms with Crippen LogP contribution in [0.4, 0.5) is 0 Å². The highest BCUT2D eigenvalue weighted by molar-refractivity contribution is 7.93. The number of hydrogen-bond acceptors (Lipinski definition) is 4. The van der Waals surface area contributed by atoms with Gasteiger partial charge in [0.05, 0.1) is 4.90 Å². The van der Waals surface area contributed by atoms with Gasteiger partial charge in [-0.3, -0.25) is 0 Å². The number of fused-ring (bicyclic) bond motifs is 1. The van der Waals surface area contributed by atoms with Crippen LogP contribution in [0.1, 0.15) is 0 Å². The molecule has 0 unspecified atom stereocenters. The van der Waals surface area contributed by atoms with E-state index in [0.29, 0.717) is 20.4 Å². The fraction of sp³-hybridized carbons (Fsp3) is 0. The molecule has 130 valence electrons. The molecular weight excluding hydrogens is 409 g/mol. The van der Waals surface area contributed by atoms with Gasteiger partial charge < -0.3 is 0 Å². The van der Waals surface area contributed by atoms with Gasteiger partial charge in [0.25, 0.3) is 0 Å². The van der Waals surface area contributed by atoms with Crippen molar-refractivity contribution in [2.45, 2.75) is 9.10 Å². The molecule has 0 saturated carbocycles. The molecule has 0 saturated heterocycles. The molecule has 4 rings (SSSR count). The first-order valence-corrected chi connectivity index (χ1v) is 10.7. The van der Waals surface area contributed by atoms with E-state index >= 15 is 0 Å². The Labute approximate surface area is 164 Å². The van der Waals surface area contributed by atoms with Gasteiger partial charge in [0.1, 0.15) is 9.04 Å². The molecule has 0 spiro atoms. The second kappa shape index (κ2) is 6.67. The van der Waals surface area contributed by atoms with E-state index in [-0.39, 0.29) is 9.10 Å². The first kappa shape index (κ1) is 17.5. The Balaban J connectivity index is 2.04. The van der Waals surface area contributed by atoms with Crippen molar-refractivity contribution in [2.24, 2.45) is 0 Å². The number of thiophene rings is 1. The fourth-order valence-electron chi connectivity index (χ4n) is 2.73. The minimum absolute atomic E-state index is 0.159. The maximum Gasteiger partial charge on any atom is 0.216 e. The quantitative estimate of drug-likeness (QED) is 0.402. The van der Waals surface area contributed by atoms with Crippen LogP contribution < -0.4 is 0 Å². The van der Waals surface area contributed by atoms with Crippen LogP contribution in [0.5, 0.6) is 0 Å². The van der Waals surface area contributed by atoms with E-state index in [4.69, 9.17) is 23.2 Å². The third kappa shape index (κ3) is 3.01. The lowest BCUT2D eigenvalue weighted by atomic mass is 10.1. The monoisotopic (exact) mass is 419 g/mol. The Morgan fingerprint density at radius 3 is 2.38 bits per heavy atom. The Hall–Kier alpha value is -1.92. The number of nitrogens with zero attached hydrogens (tertiary/aromatic N) is 1. The molecule has 0 atom stereocenters. The second-order valence-corrected chi connectivity index (χ2v) is 9.61. The van der Waals surface area contributed by atoms with E-state index < -0.39 is 9.84 Å². The molecular formula is C19H11Cl2NO2S2. The van der Waals surface area contributed by atoms with Crippen LogP contribution in [0.2, 0.25) is 10.0 Å². The summed E-state index contributed by atoms with van der Waals surface area (Å²) in [5.41, 5.74) is 1.41. The highest BCUT2D eigenvalue weighted by Gasteiger charge is 2.27. The van der Waals surface area contributed by atoms with Crippen LogP contribution >= 0.6 is 34.5 Å². The van der Waals surface area contributed by atoms with Crippen LogP contribution in [-0.2, 0) is 9.84 Å². The third-order valence-corrected chi connectivity index (χ3v) is 7.79. The molecule has 4 aromatic rings. The van der Waals surface area contributed by atoms with Crippen molar-refractivity contribution in [1.82, 2.24) is 4.98 Å². The summed E-state index contributed by atoms with van der Waals surface area (Å²) in [6.07, 6.45) is 1.65. The van der Waals surface area contributed by atoms with Crippen molar-refractivity contribution >= 4 is 54.6 Å². The standard InChI is InChI=1S/C19H11Cl2NO2S2/c20-13-8-6-12(7-9-13)17-16-5-2-10-22-18(16)25-19(17)26(23,24)15-4-1-3-14(21)11-15/h1-11H. The number of sulfone groups is 1. The molecule has 2 heterocycles. The van der Waals surface area contributed by atoms with Crippen molar-refractivity contribution in [2.75, 3.05) is 0 Å². The Morgan fingerprint density at radius 1 is 0.885 bits per heavy atom. The van der Waals surface area contributed by atoms with E-state index in [1.54, 1.807) is 42.6 Å². The average molecular weight is 420 g/mol. The zero-order valence-electron chi connectivity index (χ0n) is 13.2. The number of aromatic nitrogens is 1. The van der Waals surface area contributed by atoms with Crippen molar-refractivity contribution in [3.05, 3.63) is 76.9 Å². The second-order valence-electron chi connectivity index (χ2n) is 5.59. The summed E-state index contributed by atoms with van der Waals surface area (Å²) >= 11 is 13.2. The van der Waals surface area contributed by atoms with E-state index in [0.717, 1.165) is 22.3 Å². The van der Waals surface area contributed by atoms with Gasteiger partial charge in [0, 0.05) is 27.2 Å². The van der Waals surface area contributed by atoms with Crippen LogP contribution in [0.25, 0.3) is 21.3 Å². The van der Waals surface area contributed by atoms with Crippen LogP contribution in [0.15, 0.2) is 76.0 Å². The SMILES string of the molecule is O=S(=O)(c1cccc(Cl)c1)c1sc2ncccc2c1-c1ccc(Cl)cc1. The highest BCUT2D eigenvalue weighted by atomic mass is 35.5.